The van der Waals surface area contributed by atoms with Crippen molar-refractivity contribution in [1.82, 2.24) is 9.80 Å². The van der Waals surface area contributed by atoms with Crippen molar-refractivity contribution in [2.75, 3.05) is 59.2 Å². The van der Waals surface area contributed by atoms with E-state index >= 15 is 0 Å². The van der Waals surface area contributed by atoms with Crippen LogP contribution >= 0.6 is 0 Å². The van der Waals surface area contributed by atoms with Crippen molar-refractivity contribution in [3.05, 3.63) is 35.4 Å². The van der Waals surface area contributed by atoms with Crippen molar-refractivity contribution < 1.29 is 9.47 Å². The molecule has 1 aromatic rings. The zero-order valence-electron chi connectivity index (χ0n) is 18.2. The largest absolute Gasteiger partial charge is 0.378 e. The van der Waals surface area contributed by atoms with Crippen LogP contribution < -0.4 is 0 Å². The second kappa shape index (κ2) is 13.0. The maximum atomic E-state index is 5.69. The molecule has 0 radical (unpaired) electrons. The molecule has 4 nitrogen and oxygen atoms in total. The molecule has 0 N–H and O–H groups in total. The summed E-state index contributed by atoms with van der Waals surface area (Å²) in [4.78, 5) is 5.04. The van der Waals surface area contributed by atoms with E-state index < -0.39 is 0 Å². The molecule has 0 amide bonds. The lowest BCUT2D eigenvalue weighted by Crippen LogP contribution is -2.46. The van der Waals surface area contributed by atoms with E-state index in [1.165, 1.54) is 11.1 Å². The first kappa shape index (κ1) is 22.9. The minimum Gasteiger partial charge on any atom is -0.378 e. The molecule has 0 unspecified atom stereocenters. The third-order valence-corrected chi connectivity index (χ3v) is 5.01. The summed E-state index contributed by atoms with van der Waals surface area (Å²) in [5.41, 5.74) is 2.83. The average molecular weight is 387 g/mol. The standard InChI is InChI=1S/C24H38N2O2/c1-21(2)6-5-16-27-18-19-28-17-15-25-11-13-26(14-12-25)20-23-7-9-24(10-8-23)22(3)4/h7-10,21-22H,11-20H2,1-4H3. The van der Waals surface area contributed by atoms with Crippen molar-refractivity contribution in [3.8, 4) is 11.8 Å². The van der Waals surface area contributed by atoms with Crippen LogP contribution in [0.5, 0.6) is 0 Å². The van der Waals surface area contributed by atoms with Gasteiger partial charge < -0.3 is 9.47 Å². The maximum absolute atomic E-state index is 5.69. The molecular weight excluding hydrogens is 348 g/mol. The van der Waals surface area contributed by atoms with E-state index in [1.807, 2.05) is 0 Å². The molecule has 1 heterocycles. The second-order valence-corrected chi connectivity index (χ2v) is 8.15. The zero-order chi connectivity index (χ0) is 20.2. The van der Waals surface area contributed by atoms with E-state index in [0.29, 0.717) is 31.7 Å². The van der Waals surface area contributed by atoms with E-state index in [1.54, 1.807) is 0 Å². The van der Waals surface area contributed by atoms with Crippen molar-refractivity contribution in [2.45, 2.75) is 40.2 Å². The van der Waals surface area contributed by atoms with Gasteiger partial charge in [-0.15, -0.1) is 0 Å². The Balaban J connectivity index is 1.51. The molecular formula is C24H38N2O2. The van der Waals surface area contributed by atoms with Crippen LogP contribution in [-0.2, 0) is 16.0 Å². The molecule has 0 atom stereocenters. The fourth-order valence-electron chi connectivity index (χ4n) is 3.22. The number of benzene rings is 1. The van der Waals surface area contributed by atoms with Gasteiger partial charge in [0.15, 0.2) is 0 Å². The summed E-state index contributed by atoms with van der Waals surface area (Å²) in [6, 6.07) is 9.11. The van der Waals surface area contributed by atoms with Gasteiger partial charge in [0.2, 0.25) is 0 Å². The van der Waals surface area contributed by atoms with Gasteiger partial charge in [-0.25, -0.2) is 0 Å². The summed E-state index contributed by atoms with van der Waals surface area (Å²) in [5.74, 6) is 7.12. The number of ether oxygens (including phenoxy) is 2. The monoisotopic (exact) mass is 386 g/mol. The molecule has 0 aromatic heterocycles. The summed E-state index contributed by atoms with van der Waals surface area (Å²) in [5, 5.41) is 0. The molecule has 1 aromatic carbocycles. The fourth-order valence-corrected chi connectivity index (χ4v) is 3.22. The lowest BCUT2D eigenvalue weighted by Gasteiger charge is -2.34. The molecule has 0 aliphatic carbocycles. The van der Waals surface area contributed by atoms with Gasteiger partial charge in [0.25, 0.3) is 0 Å². The van der Waals surface area contributed by atoms with E-state index in [0.717, 1.165) is 45.9 Å². The van der Waals surface area contributed by atoms with Gasteiger partial charge in [0.1, 0.15) is 6.61 Å². The van der Waals surface area contributed by atoms with E-state index in [4.69, 9.17) is 9.47 Å². The summed E-state index contributed by atoms with van der Waals surface area (Å²) in [7, 11) is 0. The normalized spacial score (nSPS) is 15.8. The molecule has 2 rings (SSSR count). The number of piperazine rings is 1. The van der Waals surface area contributed by atoms with Gasteiger partial charge in [0.05, 0.1) is 19.8 Å². The quantitative estimate of drug-likeness (QED) is 0.453. The maximum Gasteiger partial charge on any atom is 0.107 e. The third kappa shape index (κ3) is 9.21. The number of nitrogens with zero attached hydrogens (tertiary/aromatic N) is 2. The Bertz CT molecular complexity index is 593. The average Bonchev–Trinajstić information content (AvgIpc) is 2.68. The van der Waals surface area contributed by atoms with Crippen molar-refractivity contribution in [2.24, 2.45) is 5.92 Å². The first-order chi connectivity index (χ1) is 13.5. The highest BCUT2D eigenvalue weighted by Gasteiger charge is 2.16. The molecule has 1 aliphatic rings. The topological polar surface area (TPSA) is 24.9 Å². The van der Waals surface area contributed by atoms with Crippen LogP contribution in [0.15, 0.2) is 24.3 Å². The SMILES string of the molecule is CC(C)C#CCOCCOCCN1CCN(Cc2ccc(C(C)C)cc2)CC1. The van der Waals surface area contributed by atoms with Gasteiger partial charge in [-0.2, -0.15) is 0 Å². The summed E-state index contributed by atoms with van der Waals surface area (Å²) >= 11 is 0. The summed E-state index contributed by atoms with van der Waals surface area (Å²) < 4.78 is 11.1. The van der Waals surface area contributed by atoms with Gasteiger partial charge in [-0.3, -0.25) is 9.80 Å². The minimum atomic E-state index is 0.408. The summed E-state index contributed by atoms with van der Waals surface area (Å²) in [6.45, 7) is 17.8. The Labute approximate surface area is 172 Å². The highest BCUT2D eigenvalue weighted by Crippen LogP contribution is 2.16. The number of rotatable bonds is 10. The van der Waals surface area contributed by atoms with Crippen LogP contribution in [0.3, 0.4) is 0 Å². The Morgan fingerprint density at radius 1 is 0.857 bits per heavy atom. The van der Waals surface area contributed by atoms with Crippen LogP contribution in [0, 0.1) is 17.8 Å². The first-order valence-electron chi connectivity index (χ1n) is 10.7. The smallest absolute Gasteiger partial charge is 0.107 e. The lowest BCUT2D eigenvalue weighted by atomic mass is 10.0. The molecule has 28 heavy (non-hydrogen) atoms. The zero-order valence-corrected chi connectivity index (χ0v) is 18.2. The fraction of sp³-hybridized carbons (Fsp3) is 0.667. The van der Waals surface area contributed by atoms with Crippen LogP contribution in [0.25, 0.3) is 0 Å². The van der Waals surface area contributed by atoms with E-state index in [-0.39, 0.29) is 0 Å². The van der Waals surface area contributed by atoms with E-state index in [9.17, 15) is 0 Å². The van der Waals surface area contributed by atoms with Crippen LogP contribution in [0.2, 0.25) is 0 Å². The van der Waals surface area contributed by atoms with Crippen LogP contribution in [0.4, 0.5) is 0 Å². The number of hydrogen-bond donors (Lipinski definition) is 0. The van der Waals surface area contributed by atoms with Crippen molar-refractivity contribution >= 4 is 0 Å². The molecule has 0 saturated carbocycles. The molecule has 156 valence electrons. The van der Waals surface area contributed by atoms with Crippen molar-refractivity contribution in [1.29, 1.82) is 0 Å². The molecule has 0 spiro atoms. The predicted octanol–water partition coefficient (Wildman–Crippen LogP) is 3.62. The summed E-state index contributed by atoms with van der Waals surface area (Å²) in [6.07, 6.45) is 0. The highest BCUT2D eigenvalue weighted by molar-refractivity contribution is 5.24. The minimum absolute atomic E-state index is 0.408. The predicted molar refractivity (Wildman–Crippen MR) is 117 cm³/mol. The molecule has 0 bridgehead atoms. The molecule has 4 heteroatoms. The Morgan fingerprint density at radius 2 is 1.50 bits per heavy atom. The Kier molecular flexibility index (Phi) is 10.6. The second-order valence-electron chi connectivity index (χ2n) is 8.15. The van der Waals surface area contributed by atoms with Crippen LogP contribution in [0.1, 0.15) is 44.7 Å². The Morgan fingerprint density at radius 3 is 2.14 bits per heavy atom. The van der Waals surface area contributed by atoms with E-state index in [2.05, 4.69) is 73.6 Å². The van der Waals surface area contributed by atoms with Crippen molar-refractivity contribution in [3.63, 3.8) is 0 Å². The van der Waals surface area contributed by atoms with Crippen LogP contribution in [-0.4, -0.2) is 69.0 Å². The van der Waals surface area contributed by atoms with Gasteiger partial charge in [-0.05, 0) is 17.0 Å². The lowest BCUT2D eigenvalue weighted by molar-refractivity contribution is 0.0391. The first-order valence-corrected chi connectivity index (χ1v) is 10.7. The molecule has 1 saturated heterocycles. The third-order valence-electron chi connectivity index (χ3n) is 5.01. The van der Waals surface area contributed by atoms with Gasteiger partial charge >= 0.3 is 0 Å². The molecule has 1 aliphatic heterocycles. The highest BCUT2D eigenvalue weighted by atomic mass is 16.5. The number of hydrogen-bond acceptors (Lipinski definition) is 4. The molecule has 1 fully saturated rings. The van der Waals surface area contributed by atoms with Gasteiger partial charge in [-0.1, -0.05) is 63.8 Å². The Hall–Kier alpha value is -1.38. The van der Waals surface area contributed by atoms with Gasteiger partial charge in [0, 0.05) is 45.2 Å².